The lowest BCUT2D eigenvalue weighted by Crippen LogP contribution is -2.56. The summed E-state index contributed by atoms with van der Waals surface area (Å²) in [6.45, 7) is 11.9. The summed E-state index contributed by atoms with van der Waals surface area (Å²) in [5.41, 5.74) is -0.386. The zero-order valence-electron chi connectivity index (χ0n) is 26.2. The van der Waals surface area contributed by atoms with E-state index in [1.165, 1.54) is 0 Å². The van der Waals surface area contributed by atoms with Crippen LogP contribution >= 0.6 is 0 Å². The normalized spacial score (nSPS) is 29.9. The van der Waals surface area contributed by atoms with Crippen LogP contribution in [0.1, 0.15) is 59.8 Å². The second kappa shape index (κ2) is 12.8. The molecule has 4 heterocycles. The fourth-order valence-corrected chi connectivity index (χ4v) is 7.69. The van der Waals surface area contributed by atoms with E-state index in [4.69, 9.17) is 4.74 Å². The Morgan fingerprint density at radius 3 is 2.23 bits per heavy atom. The zero-order chi connectivity index (χ0) is 30.8. The minimum absolute atomic E-state index is 0.0814. The molecule has 5 rings (SSSR count). The molecule has 1 spiro atoms. The minimum atomic E-state index is -1.25. The van der Waals surface area contributed by atoms with Crippen molar-refractivity contribution in [1.82, 2.24) is 9.80 Å². The second-order valence-corrected chi connectivity index (χ2v) is 12.4. The predicted molar refractivity (Wildman–Crippen MR) is 168 cm³/mol. The molecule has 0 bridgehead atoms. The highest BCUT2D eigenvalue weighted by Crippen LogP contribution is 2.57. The lowest BCUT2D eigenvalue weighted by Gasteiger charge is -2.37. The van der Waals surface area contributed by atoms with Crippen molar-refractivity contribution in [2.45, 2.75) is 77.0 Å². The first-order valence-electron chi connectivity index (χ1n) is 16.2. The molecule has 1 unspecified atom stereocenters. The first kappa shape index (κ1) is 31.3. The third kappa shape index (κ3) is 5.39. The summed E-state index contributed by atoms with van der Waals surface area (Å²) in [5, 5.41) is 9.22. The molecule has 4 aliphatic heterocycles. The Morgan fingerprint density at radius 2 is 1.56 bits per heavy atom. The van der Waals surface area contributed by atoms with Crippen LogP contribution in [0.2, 0.25) is 0 Å². The van der Waals surface area contributed by atoms with E-state index in [0.29, 0.717) is 39.0 Å². The Morgan fingerprint density at radius 1 is 0.860 bits per heavy atom. The van der Waals surface area contributed by atoms with E-state index in [2.05, 4.69) is 18.7 Å². The number of anilines is 2. The SMILES string of the molecule is CCCN1CC=C[C@@]2(C)O[C@]34C=CCN(c5ccc(N(CC)CC)cc5)C(=O)C3N(CCCCCCO)C(=O)[C@@H]4[C@H]2C1=O. The van der Waals surface area contributed by atoms with Crippen molar-refractivity contribution in [3.63, 3.8) is 0 Å². The van der Waals surface area contributed by atoms with Crippen LogP contribution in [-0.2, 0) is 19.1 Å². The van der Waals surface area contributed by atoms with Gasteiger partial charge in [-0.15, -0.1) is 0 Å². The van der Waals surface area contributed by atoms with Crippen LogP contribution in [0.25, 0.3) is 0 Å². The van der Waals surface area contributed by atoms with Crippen molar-refractivity contribution < 1.29 is 24.2 Å². The fraction of sp³-hybridized carbons (Fsp3) is 0.618. The highest BCUT2D eigenvalue weighted by atomic mass is 16.5. The van der Waals surface area contributed by atoms with Crippen LogP contribution in [0.4, 0.5) is 11.4 Å². The van der Waals surface area contributed by atoms with Crippen LogP contribution in [0, 0.1) is 11.8 Å². The first-order chi connectivity index (χ1) is 20.8. The van der Waals surface area contributed by atoms with Crippen molar-refractivity contribution in [2.24, 2.45) is 11.8 Å². The first-order valence-corrected chi connectivity index (χ1v) is 16.2. The van der Waals surface area contributed by atoms with Gasteiger partial charge in [-0.3, -0.25) is 14.4 Å². The van der Waals surface area contributed by atoms with Gasteiger partial charge in [-0.25, -0.2) is 0 Å². The molecule has 2 saturated heterocycles. The number of carbonyl (C=O) groups is 3. The van der Waals surface area contributed by atoms with E-state index < -0.39 is 29.1 Å². The third-order valence-electron chi connectivity index (χ3n) is 9.73. The number of hydrogen-bond acceptors (Lipinski definition) is 6. The maximum atomic E-state index is 14.7. The van der Waals surface area contributed by atoms with Gasteiger partial charge in [-0.05, 0) is 64.3 Å². The van der Waals surface area contributed by atoms with E-state index in [9.17, 15) is 19.5 Å². The maximum absolute atomic E-state index is 14.7. The number of amides is 3. The number of hydrogen-bond donors (Lipinski definition) is 1. The molecule has 0 radical (unpaired) electrons. The largest absolute Gasteiger partial charge is 0.396 e. The molecule has 4 aliphatic rings. The van der Waals surface area contributed by atoms with Gasteiger partial charge in [0.05, 0.1) is 17.4 Å². The number of aliphatic hydroxyl groups is 1. The third-order valence-corrected chi connectivity index (χ3v) is 9.73. The number of unbranched alkanes of at least 4 members (excludes halogenated alkanes) is 3. The highest BCUT2D eigenvalue weighted by Gasteiger charge is 2.74. The lowest BCUT2D eigenvalue weighted by atomic mass is 9.74. The number of likely N-dealkylation sites (tertiary alicyclic amines) is 1. The summed E-state index contributed by atoms with van der Waals surface area (Å²) < 4.78 is 6.93. The van der Waals surface area contributed by atoms with E-state index in [1.807, 2.05) is 67.3 Å². The van der Waals surface area contributed by atoms with Gasteiger partial charge in [-0.2, -0.15) is 0 Å². The number of benzene rings is 1. The van der Waals surface area contributed by atoms with Gasteiger partial charge in [0.2, 0.25) is 11.8 Å². The average Bonchev–Trinajstić information content (AvgIpc) is 3.26. The molecule has 1 aromatic rings. The number of carbonyl (C=O) groups excluding carboxylic acids is 3. The number of nitrogens with zero attached hydrogens (tertiary/aromatic N) is 4. The molecule has 5 atom stereocenters. The molecule has 9 heteroatoms. The maximum Gasteiger partial charge on any atom is 0.253 e. The Bertz CT molecular complexity index is 1240. The average molecular weight is 593 g/mol. The lowest BCUT2D eigenvalue weighted by molar-refractivity contribution is -0.148. The van der Waals surface area contributed by atoms with Gasteiger partial charge in [0.15, 0.2) is 0 Å². The van der Waals surface area contributed by atoms with Crippen molar-refractivity contribution in [3.8, 4) is 0 Å². The molecule has 234 valence electrons. The molecule has 1 aromatic carbocycles. The van der Waals surface area contributed by atoms with E-state index >= 15 is 0 Å². The fourth-order valence-electron chi connectivity index (χ4n) is 7.69. The quantitative estimate of drug-likeness (QED) is 0.294. The Hall–Kier alpha value is -3.17. The van der Waals surface area contributed by atoms with Crippen LogP contribution in [0.15, 0.2) is 48.6 Å². The molecular formula is C34H48N4O5. The van der Waals surface area contributed by atoms with E-state index in [-0.39, 0.29) is 24.3 Å². The van der Waals surface area contributed by atoms with Crippen LogP contribution in [-0.4, -0.2) is 95.7 Å². The second-order valence-electron chi connectivity index (χ2n) is 12.4. The molecule has 0 aliphatic carbocycles. The van der Waals surface area contributed by atoms with E-state index in [0.717, 1.165) is 43.7 Å². The van der Waals surface area contributed by atoms with Gasteiger partial charge in [0.1, 0.15) is 11.6 Å². The number of rotatable bonds is 12. The molecule has 43 heavy (non-hydrogen) atoms. The zero-order valence-corrected chi connectivity index (χ0v) is 26.2. The summed E-state index contributed by atoms with van der Waals surface area (Å²) in [5.74, 6) is -1.96. The van der Waals surface area contributed by atoms with Gasteiger partial charge in [0, 0.05) is 57.3 Å². The Kier molecular flexibility index (Phi) is 9.32. The molecule has 9 nitrogen and oxygen atoms in total. The van der Waals surface area contributed by atoms with Crippen molar-refractivity contribution >= 4 is 29.1 Å². The van der Waals surface area contributed by atoms with Crippen molar-refractivity contribution in [1.29, 1.82) is 0 Å². The van der Waals surface area contributed by atoms with Gasteiger partial charge < -0.3 is 29.4 Å². The Balaban J connectivity index is 1.53. The molecule has 1 N–H and O–H groups in total. The van der Waals surface area contributed by atoms with Crippen LogP contribution in [0.5, 0.6) is 0 Å². The summed E-state index contributed by atoms with van der Waals surface area (Å²) in [7, 11) is 0. The summed E-state index contributed by atoms with van der Waals surface area (Å²) >= 11 is 0. The van der Waals surface area contributed by atoms with Gasteiger partial charge in [-0.1, -0.05) is 44.1 Å². The molecule has 0 aromatic heterocycles. The number of ether oxygens (including phenoxy) is 1. The number of aliphatic hydroxyl groups excluding tert-OH is 1. The predicted octanol–water partition coefficient (Wildman–Crippen LogP) is 3.77. The standard InChI is InChI=1S/C34H48N4O5/c1-5-20-36-21-12-18-33(4)27(30(36)40)28-31(41)38(22-10-8-9-11-24-39)29-32(42)37(23-13-19-34(28,29)43-33)26-16-14-25(15-17-26)35(6-2)7-3/h12-19,27-29,39H,5-11,20-24H2,1-4H3/t27-,28-,29?,33+,34-/m0/s1. The number of fused-ring (bicyclic) bond motifs is 2. The summed E-state index contributed by atoms with van der Waals surface area (Å²) in [6, 6.07) is 7.14. The molecule has 3 amide bonds. The smallest absolute Gasteiger partial charge is 0.253 e. The van der Waals surface area contributed by atoms with E-state index in [1.54, 1.807) is 9.80 Å². The summed E-state index contributed by atoms with van der Waals surface area (Å²) in [6.07, 6.45) is 11.7. The monoisotopic (exact) mass is 592 g/mol. The van der Waals surface area contributed by atoms with Gasteiger partial charge in [0.25, 0.3) is 5.91 Å². The minimum Gasteiger partial charge on any atom is -0.396 e. The molecular weight excluding hydrogens is 544 g/mol. The van der Waals surface area contributed by atoms with Crippen LogP contribution in [0.3, 0.4) is 0 Å². The highest BCUT2D eigenvalue weighted by molar-refractivity contribution is 6.06. The van der Waals surface area contributed by atoms with Gasteiger partial charge >= 0.3 is 0 Å². The van der Waals surface area contributed by atoms with Crippen molar-refractivity contribution in [3.05, 3.63) is 48.6 Å². The topological polar surface area (TPSA) is 93.6 Å². The van der Waals surface area contributed by atoms with Crippen molar-refractivity contribution in [2.75, 3.05) is 55.7 Å². The summed E-state index contributed by atoms with van der Waals surface area (Å²) in [4.78, 5) is 50.8. The molecule has 0 saturated carbocycles. The Labute approximate surface area is 256 Å². The van der Waals surface area contributed by atoms with Crippen LogP contribution < -0.4 is 9.80 Å². The molecule has 2 fully saturated rings.